The Labute approximate surface area is 136 Å². The van der Waals surface area contributed by atoms with E-state index < -0.39 is 0 Å². The van der Waals surface area contributed by atoms with Crippen molar-refractivity contribution in [3.63, 3.8) is 0 Å². The van der Waals surface area contributed by atoms with Crippen LogP contribution in [0.3, 0.4) is 0 Å². The van der Waals surface area contributed by atoms with Crippen LogP contribution in [0.5, 0.6) is 0 Å². The number of carbonyl (C=O) groups is 2. The summed E-state index contributed by atoms with van der Waals surface area (Å²) in [5, 5.41) is 4.25. The van der Waals surface area contributed by atoms with Crippen LogP contribution < -0.4 is 0 Å². The van der Waals surface area contributed by atoms with Crippen LogP contribution in [0.2, 0.25) is 0 Å². The van der Waals surface area contributed by atoms with E-state index in [4.69, 9.17) is 4.74 Å². The molecule has 0 radical (unpaired) electrons. The molecular weight excluding hydrogens is 296 g/mol. The predicted octanol–water partition coefficient (Wildman–Crippen LogP) is 0.0568. The molecule has 0 spiro atoms. The topological polar surface area (TPSA) is 67.7 Å². The Balaban J connectivity index is 1.49. The van der Waals surface area contributed by atoms with Gasteiger partial charge in [0.05, 0.1) is 30.7 Å². The number of aryl methyl sites for hydroxylation is 1. The fourth-order valence-electron chi connectivity index (χ4n) is 3.40. The number of aromatic nitrogens is 2. The lowest BCUT2D eigenvalue weighted by Gasteiger charge is -2.20. The number of likely N-dealkylation sites (tertiary alicyclic amines) is 1. The second kappa shape index (κ2) is 6.31. The second-order valence-corrected chi connectivity index (χ2v) is 6.74. The van der Waals surface area contributed by atoms with Crippen molar-refractivity contribution in [3.8, 4) is 0 Å². The van der Waals surface area contributed by atoms with Crippen molar-refractivity contribution in [3.05, 3.63) is 18.0 Å². The van der Waals surface area contributed by atoms with Crippen molar-refractivity contribution >= 4 is 11.8 Å². The maximum absolute atomic E-state index is 12.4. The predicted molar refractivity (Wildman–Crippen MR) is 83.6 cm³/mol. The van der Waals surface area contributed by atoms with E-state index in [2.05, 4.69) is 5.10 Å². The fourth-order valence-corrected chi connectivity index (χ4v) is 3.40. The van der Waals surface area contributed by atoms with E-state index in [0.717, 1.165) is 18.7 Å². The maximum atomic E-state index is 12.4. The molecule has 2 aliphatic rings. The third-order valence-corrected chi connectivity index (χ3v) is 4.67. The molecule has 2 saturated heterocycles. The molecular formula is C16H24N4O3. The number of amides is 2. The van der Waals surface area contributed by atoms with Crippen molar-refractivity contribution in [1.82, 2.24) is 19.6 Å². The number of carbonyl (C=O) groups excluding carboxylic acids is 2. The third kappa shape index (κ3) is 3.55. The van der Waals surface area contributed by atoms with E-state index in [9.17, 15) is 9.59 Å². The van der Waals surface area contributed by atoms with Gasteiger partial charge in [-0.2, -0.15) is 5.10 Å². The first-order valence-electron chi connectivity index (χ1n) is 8.04. The summed E-state index contributed by atoms with van der Waals surface area (Å²) in [5.74, 6) is 0.545. The molecule has 3 heterocycles. The Bertz CT molecular complexity index is 584. The van der Waals surface area contributed by atoms with Crippen LogP contribution >= 0.6 is 0 Å². The van der Waals surface area contributed by atoms with Gasteiger partial charge < -0.3 is 14.5 Å². The largest absolute Gasteiger partial charge is 0.372 e. The van der Waals surface area contributed by atoms with Gasteiger partial charge in [0.15, 0.2) is 0 Å². The van der Waals surface area contributed by atoms with Crippen LogP contribution in [-0.4, -0.2) is 70.8 Å². The Morgan fingerprint density at radius 3 is 2.78 bits per heavy atom. The monoisotopic (exact) mass is 320 g/mol. The van der Waals surface area contributed by atoms with Gasteiger partial charge in [-0.25, -0.2) is 0 Å². The summed E-state index contributed by atoms with van der Waals surface area (Å²) in [6.45, 7) is 1.35. The molecule has 2 amide bonds. The minimum atomic E-state index is -0.00654. The Morgan fingerprint density at radius 1 is 1.39 bits per heavy atom. The van der Waals surface area contributed by atoms with E-state index >= 15 is 0 Å². The normalized spacial score (nSPS) is 26.4. The van der Waals surface area contributed by atoms with Crippen LogP contribution in [0.15, 0.2) is 12.3 Å². The van der Waals surface area contributed by atoms with Crippen LogP contribution in [-0.2, 0) is 27.8 Å². The van der Waals surface area contributed by atoms with E-state index in [1.54, 1.807) is 23.7 Å². The molecule has 2 aliphatic heterocycles. The molecule has 2 fully saturated rings. The smallest absolute Gasteiger partial charge is 0.228 e. The quantitative estimate of drug-likeness (QED) is 0.786. The summed E-state index contributed by atoms with van der Waals surface area (Å²) in [7, 11) is 5.36. The minimum absolute atomic E-state index is 0.00654. The molecule has 7 heteroatoms. The second-order valence-electron chi connectivity index (χ2n) is 6.74. The molecule has 1 aromatic heterocycles. The zero-order chi connectivity index (χ0) is 16.6. The summed E-state index contributed by atoms with van der Waals surface area (Å²) >= 11 is 0. The molecule has 1 aromatic rings. The van der Waals surface area contributed by atoms with Crippen LogP contribution in [0.25, 0.3) is 0 Å². The first kappa shape index (κ1) is 16.0. The average molecular weight is 320 g/mol. The van der Waals surface area contributed by atoms with Crippen LogP contribution in [0, 0.1) is 5.92 Å². The zero-order valence-corrected chi connectivity index (χ0v) is 13.9. The van der Waals surface area contributed by atoms with Gasteiger partial charge >= 0.3 is 0 Å². The number of nitrogens with zero attached hydrogens (tertiary/aromatic N) is 4. The summed E-state index contributed by atoms with van der Waals surface area (Å²) < 4.78 is 7.68. The van der Waals surface area contributed by atoms with Crippen molar-refractivity contribution in [1.29, 1.82) is 0 Å². The number of rotatable bonds is 4. The average Bonchev–Trinajstić information content (AvgIpc) is 3.13. The van der Waals surface area contributed by atoms with Crippen LogP contribution in [0.1, 0.15) is 18.5 Å². The van der Waals surface area contributed by atoms with Crippen molar-refractivity contribution in [2.75, 3.05) is 27.2 Å². The van der Waals surface area contributed by atoms with E-state index in [0.29, 0.717) is 25.3 Å². The van der Waals surface area contributed by atoms with Gasteiger partial charge in [0.25, 0.3) is 0 Å². The number of hydrogen-bond donors (Lipinski definition) is 0. The summed E-state index contributed by atoms with van der Waals surface area (Å²) in [6.07, 6.45) is 3.54. The fraction of sp³-hybridized carbons (Fsp3) is 0.688. The minimum Gasteiger partial charge on any atom is -0.372 e. The first-order chi connectivity index (χ1) is 10.9. The van der Waals surface area contributed by atoms with Crippen molar-refractivity contribution < 1.29 is 14.3 Å². The zero-order valence-electron chi connectivity index (χ0n) is 13.9. The highest BCUT2D eigenvalue weighted by Crippen LogP contribution is 2.34. The molecule has 3 rings (SSSR count). The highest BCUT2D eigenvalue weighted by atomic mass is 16.5. The van der Waals surface area contributed by atoms with E-state index in [1.165, 1.54) is 0 Å². The SMILES string of the molecule is CN(C)C(=O)C[C@H]1C[C@H]2CN(C(=O)Cc3ccn(C)n3)C[C@H]2O1. The number of ether oxygens (including phenoxy) is 1. The Hall–Kier alpha value is -1.89. The van der Waals surface area contributed by atoms with Gasteiger partial charge in [0, 0.05) is 46.3 Å². The molecule has 0 aromatic carbocycles. The Kier molecular flexibility index (Phi) is 4.39. The molecule has 0 bridgehead atoms. The maximum Gasteiger partial charge on any atom is 0.228 e. The molecule has 23 heavy (non-hydrogen) atoms. The lowest BCUT2D eigenvalue weighted by molar-refractivity contribution is -0.133. The van der Waals surface area contributed by atoms with Crippen molar-refractivity contribution in [2.45, 2.75) is 31.5 Å². The van der Waals surface area contributed by atoms with Gasteiger partial charge in [-0.05, 0) is 12.5 Å². The molecule has 0 unspecified atom stereocenters. The molecule has 0 saturated carbocycles. The standard InChI is InChI=1S/C16H24N4O3/c1-18(2)15(21)8-13-6-11-9-20(10-14(11)23-13)16(22)7-12-4-5-19(3)17-12/h4-5,11,13-14H,6-10H2,1-3H3/t11-,13+,14+/m0/s1. The van der Waals surface area contributed by atoms with Gasteiger partial charge in [-0.3, -0.25) is 14.3 Å². The summed E-state index contributed by atoms with van der Waals surface area (Å²) in [5.41, 5.74) is 0.796. The van der Waals surface area contributed by atoms with Crippen LogP contribution in [0.4, 0.5) is 0 Å². The summed E-state index contributed by atoms with van der Waals surface area (Å²) in [6, 6.07) is 1.87. The lowest BCUT2D eigenvalue weighted by Crippen LogP contribution is -2.33. The molecule has 7 nitrogen and oxygen atoms in total. The van der Waals surface area contributed by atoms with Gasteiger partial charge in [-0.1, -0.05) is 0 Å². The highest BCUT2D eigenvalue weighted by molar-refractivity contribution is 5.79. The Morgan fingerprint density at radius 2 is 2.17 bits per heavy atom. The van der Waals surface area contributed by atoms with Crippen molar-refractivity contribution in [2.24, 2.45) is 13.0 Å². The molecule has 126 valence electrons. The van der Waals surface area contributed by atoms with Gasteiger partial charge in [0.1, 0.15) is 0 Å². The van der Waals surface area contributed by atoms with E-state index in [1.807, 2.05) is 24.2 Å². The molecule has 3 atom stereocenters. The number of fused-ring (bicyclic) bond motifs is 1. The third-order valence-electron chi connectivity index (χ3n) is 4.67. The highest BCUT2D eigenvalue weighted by Gasteiger charge is 2.43. The van der Waals surface area contributed by atoms with E-state index in [-0.39, 0.29) is 24.0 Å². The summed E-state index contributed by atoms with van der Waals surface area (Å²) in [4.78, 5) is 27.6. The number of hydrogen-bond acceptors (Lipinski definition) is 4. The van der Waals surface area contributed by atoms with Gasteiger partial charge in [-0.15, -0.1) is 0 Å². The lowest BCUT2D eigenvalue weighted by atomic mass is 10.0. The molecule has 0 N–H and O–H groups in total. The molecule has 0 aliphatic carbocycles. The first-order valence-corrected chi connectivity index (χ1v) is 8.04. The van der Waals surface area contributed by atoms with Gasteiger partial charge in [0.2, 0.25) is 11.8 Å².